The molecule has 1 aromatic heterocycles. The van der Waals surface area contributed by atoms with Crippen molar-refractivity contribution in [1.82, 2.24) is 20.1 Å². The highest BCUT2D eigenvalue weighted by Crippen LogP contribution is 2.32. The van der Waals surface area contributed by atoms with Crippen LogP contribution < -0.4 is 5.32 Å². The molecule has 0 aliphatic carbocycles. The average molecular weight is 497 g/mol. The molecule has 3 aliphatic rings. The summed E-state index contributed by atoms with van der Waals surface area (Å²) in [5.74, 6) is -1.45. The van der Waals surface area contributed by atoms with E-state index < -0.39 is 35.3 Å². The van der Waals surface area contributed by atoms with Crippen molar-refractivity contribution < 1.29 is 33.1 Å². The van der Waals surface area contributed by atoms with Crippen molar-refractivity contribution in [2.24, 2.45) is 5.92 Å². The SMILES string of the molecule is CC(C)(C)OC(=O)N1CCC(Cc2nc3cc4c(cc3o2)C(=O)N(C2CCC(=O)NC2=O)C4=O)CC1. The molecule has 0 spiro atoms. The zero-order chi connectivity index (χ0) is 25.8. The van der Waals surface area contributed by atoms with Crippen LogP contribution in [0.15, 0.2) is 16.5 Å². The first kappa shape index (κ1) is 24.0. The van der Waals surface area contributed by atoms with Crippen molar-refractivity contribution in [3.8, 4) is 0 Å². The Kier molecular flexibility index (Phi) is 5.80. The first-order valence-electron chi connectivity index (χ1n) is 12.1. The molecule has 3 aliphatic heterocycles. The molecule has 2 aromatic rings. The number of likely N-dealkylation sites (tertiary alicyclic amines) is 1. The van der Waals surface area contributed by atoms with Gasteiger partial charge in [-0.3, -0.25) is 29.4 Å². The highest BCUT2D eigenvalue weighted by atomic mass is 16.6. The van der Waals surface area contributed by atoms with Gasteiger partial charge in [0.05, 0.1) is 11.1 Å². The number of oxazole rings is 1. The fourth-order valence-corrected chi connectivity index (χ4v) is 4.92. The van der Waals surface area contributed by atoms with E-state index in [2.05, 4.69) is 10.3 Å². The molecule has 4 heterocycles. The minimum Gasteiger partial charge on any atom is -0.444 e. The van der Waals surface area contributed by atoms with E-state index in [1.165, 1.54) is 12.1 Å². The van der Waals surface area contributed by atoms with Gasteiger partial charge in [-0.15, -0.1) is 0 Å². The third kappa shape index (κ3) is 4.45. The van der Waals surface area contributed by atoms with Crippen molar-refractivity contribution in [1.29, 1.82) is 0 Å². The number of nitrogens with one attached hydrogen (secondary N) is 1. The summed E-state index contributed by atoms with van der Waals surface area (Å²) in [6.45, 7) is 6.71. The van der Waals surface area contributed by atoms with Gasteiger partial charge in [0.2, 0.25) is 11.8 Å². The molecule has 190 valence electrons. The Morgan fingerprint density at radius 3 is 2.39 bits per heavy atom. The van der Waals surface area contributed by atoms with Gasteiger partial charge in [-0.05, 0) is 58.1 Å². The Morgan fingerprint density at radius 1 is 1.08 bits per heavy atom. The standard InChI is InChI=1S/C25H28N4O7/c1-25(2,3)36-24(34)28-8-6-13(7-9-28)10-20-26-16-11-14-15(12-18(16)35-20)23(33)29(22(14)32)17-4-5-19(30)27-21(17)31/h11-13,17H,4-10H2,1-3H3,(H,27,30,31). The van der Waals surface area contributed by atoms with Gasteiger partial charge in [0, 0.05) is 25.9 Å². The molecule has 0 radical (unpaired) electrons. The maximum absolute atomic E-state index is 13.0. The Labute approximate surface area is 207 Å². The number of nitrogens with zero attached hydrogens (tertiary/aromatic N) is 3. The summed E-state index contributed by atoms with van der Waals surface area (Å²) in [5, 5.41) is 2.18. The molecule has 1 N–H and O–H groups in total. The molecule has 0 saturated carbocycles. The fourth-order valence-electron chi connectivity index (χ4n) is 4.92. The molecule has 0 bridgehead atoms. The second-order valence-corrected chi connectivity index (χ2v) is 10.5. The second-order valence-electron chi connectivity index (χ2n) is 10.5. The summed E-state index contributed by atoms with van der Waals surface area (Å²) < 4.78 is 11.4. The minimum absolute atomic E-state index is 0.0633. The van der Waals surface area contributed by atoms with Crippen LogP contribution in [0, 0.1) is 5.92 Å². The number of fused-ring (bicyclic) bond motifs is 2. The van der Waals surface area contributed by atoms with E-state index in [4.69, 9.17) is 9.15 Å². The lowest BCUT2D eigenvalue weighted by Gasteiger charge is -2.33. The van der Waals surface area contributed by atoms with Gasteiger partial charge in [0.15, 0.2) is 11.5 Å². The Balaban J connectivity index is 1.27. The molecule has 1 atom stereocenters. The number of hydrogen-bond donors (Lipinski definition) is 1. The first-order valence-corrected chi connectivity index (χ1v) is 12.1. The number of aromatic nitrogens is 1. The first-order chi connectivity index (χ1) is 17.0. The average Bonchev–Trinajstić information content (AvgIpc) is 3.29. The number of carbonyl (C=O) groups is 5. The number of amides is 5. The fraction of sp³-hybridized carbons (Fsp3) is 0.520. The number of ether oxygens (including phenoxy) is 1. The number of hydrogen-bond acceptors (Lipinski definition) is 8. The number of piperidine rings is 2. The number of imide groups is 2. The molecule has 2 fully saturated rings. The quantitative estimate of drug-likeness (QED) is 0.639. The van der Waals surface area contributed by atoms with Crippen LogP contribution in [0.5, 0.6) is 0 Å². The van der Waals surface area contributed by atoms with Crippen LogP contribution in [0.2, 0.25) is 0 Å². The zero-order valence-electron chi connectivity index (χ0n) is 20.5. The molecule has 36 heavy (non-hydrogen) atoms. The van der Waals surface area contributed by atoms with Gasteiger partial charge >= 0.3 is 6.09 Å². The molecule has 5 rings (SSSR count). The van der Waals surface area contributed by atoms with Crippen LogP contribution in [0.1, 0.15) is 73.1 Å². The normalized spacial score (nSPS) is 21.2. The number of benzene rings is 1. The lowest BCUT2D eigenvalue weighted by molar-refractivity contribution is -0.136. The lowest BCUT2D eigenvalue weighted by Crippen LogP contribution is -2.54. The van der Waals surface area contributed by atoms with Crippen LogP contribution in [-0.4, -0.2) is 69.2 Å². The Bertz CT molecular complexity index is 1230. The predicted molar refractivity (Wildman–Crippen MR) is 125 cm³/mol. The molecule has 1 unspecified atom stereocenters. The molecule has 1 aromatic carbocycles. The zero-order valence-corrected chi connectivity index (χ0v) is 20.5. The van der Waals surface area contributed by atoms with Gasteiger partial charge in [-0.1, -0.05) is 0 Å². The lowest BCUT2D eigenvalue weighted by atomic mass is 9.94. The van der Waals surface area contributed by atoms with Crippen LogP contribution in [0.3, 0.4) is 0 Å². The summed E-state index contributed by atoms with van der Waals surface area (Å²) in [4.78, 5) is 69.1. The third-order valence-electron chi connectivity index (χ3n) is 6.72. The van der Waals surface area contributed by atoms with Gasteiger partial charge in [-0.25, -0.2) is 9.78 Å². The van der Waals surface area contributed by atoms with Crippen molar-refractivity contribution in [3.05, 3.63) is 29.2 Å². The molecular weight excluding hydrogens is 468 g/mol. The predicted octanol–water partition coefficient (Wildman–Crippen LogP) is 2.42. The summed E-state index contributed by atoms with van der Waals surface area (Å²) in [6.07, 6.45) is 2.00. The van der Waals surface area contributed by atoms with Crippen molar-refractivity contribution in [2.75, 3.05) is 13.1 Å². The van der Waals surface area contributed by atoms with Crippen LogP contribution in [0.25, 0.3) is 11.1 Å². The van der Waals surface area contributed by atoms with Gasteiger partial charge in [0.1, 0.15) is 17.2 Å². The highest BCUT2D eigenvalue weighted by Gasteiger charge is 2.45. The Hall–Kier alpha value is -3.76. The maximum atomic E-state index is 13.0. The van der Waals surface area contributed by atoms with Crippen LogP contribution in [-0.2, 0) is 20.7 Å². The van der Waals surface area contributed by atoms with Crippen molar-refractivity contribution >= 4 is 40.8 Å². The molecule has 11 heteroatoms. The van der Waals surface area contributed by atoms with E-state index in [9.17, 15) is 24.0 Å². The summed E-state index contributed by atoms with van der Waals surface area (Å²) in [7, 11) is 0. The molecule has 5 amide bonds. The van der Waals surface area contributed by atoms with E-state index in [-0.39, 0.29) is 36.0 Å². The number of carbonyl (C=O) groups excluding carboxylic acids is 5. The van der Waals surface area contributed by atoms with Gasteiger partial charge < -0.3 is 14.1 Å². The second kappa shape index (κ2) is 8.72. The summed E-state index contributed by atoms with van der Waals surface area (Å²) in [6, 6.07) is 2.00. The van der Waals surface area contributed by atoms with Crippen molar-refractivity contribution in [2.45, 2.75) is 64.5 Å². The summed E-state index contributed by atoms with van der Waals surface area (Å²) in [5.41, 5.74) is 0.643. The van der Waals surface area contributed by atoms with Crippen molar-refractivity contribution in [3.63, 3.8) is 0 Å². The monoisotopic (exact) mass is 496 g/mol. The van der Waals surface area contributed by atoms with Crippen LogP contribution in [0.4, 0.5) is 4.79 Å². The molecular formula is C25H28N4O7. The Morgan fingerprint density at radius 2 is 1.75 bits per heavy atom. The van der Waals surface area contributed by atoms with E-state index >= 15 is 0 Å². The smallest absolute Gasteiger partial charge is 0.410 e. The van der Waals surface area contributed by atoms with Crippen LogP contribution >= 0.6 is 0 Å². The van der Waals surface area contributed by atoms with E-state index in [0.717, 1.165) is 17.7 Å². The highest BCUT2D eigenvalue weighted by molar-refractivity contribution is 6.24. The third-order valence-corrected chi connectivity index (χ3v) is 6.72. The minimum atomic E-state index is -1.02. The molecule has 11 nitrogen and oxygen atoms in total. The van der Waals surface area contributed by atoms with Gasteiger partial charge in [0.25, 0.3) is 11.8 Å². The number of rotatable bonds is 3. The maximum Gasteiger partial charge on any atom is 0.410 e. The van der Waals surface area contributed by atoms with Gasteiger partial charge in [-0.2, -0.15) is 0 Å². The van der Waals surface area contributed by atoms with E-state index in [1.54, 1.807) is 4.90 Å². The molecule has 2 saturated heterocycles. The van der Waals surface area contributed by atoms with E-state index in [1.807, 2.05) is 20.8 Å². The largest absolute Gasteiger partial charge is 0.444 e. The summed E-state index contributed by atoms with van der Waals surface area (Å²) >= 11 is 0. The topological polar surface area (TPSA) is 139 Å². The van der Waals surface area contributed by atoms with E-state index in [0.29, 0.717) is 36.5 Å².